The van der Waals surface area contributed by atoms with E-state index in [0.29, 0.717) is 5.56 Å². The maximum absolute atomic E-state index is 11.6. The van der Waals surface area contributed by atoms with Crippen molar-refractivity contribution in [3.8, 4) is 28.3 Å². The predicted octanol–water partition coefficient (Wildman–Crippen LogP) is 5.86. The number of hydrogen-bond donors (Lipinski definition) is 1. The Labute approximate surface area is 170 Å². The molecule has 0 atom stereocenters. The van der Waals surface area contributed by atoms with Crippen LogP contribution in [0.4, 0.5) is 0 Å². The molecule has 0 aliphatic carbocycles. The van der Waals surface area contributed by atoms with Gasteiger partial charge in [-0.1, -0.05) is 37.3 Å². The topological polar surface area (TPSA) is 51.3 Å². The summed E-state index contributed by atoms with van der Waals surface area (Å²) < 4.78 is 10.3. The first-order chi connectivity index (χ1) is 14.1. The van der Waals surface area contributed by atoms with Gasteiger partial charge in [-0.25, -0.2) is 4.79 Å². The first-order valence-electron chi connectivity index (χ1n) is 9.62. The van der Waals surface area contributed by atoms with Crippen molar-refractivity contribution in [3.05, 3.63) is 77.9 Å². The number of esters is 1. The number of hydrogen-bond acceptors (Lipinski definition) is 3. The molecule has 3 aromatic carbocycles. The minimum absolute atomic E-state index is 0.331. The monoisotopic (exact) mass is 385 g/mol. The lowest BCUT2D eigenvalue weighted by molar-refractivity contribution is 0.0601. The number of methoxy groups -OCH3 is 2. The SMILES string of the molecule is CCc1c(OC)ccc2ccc(-c3ccc(-c4ccc(C(=O)OC)cc4)[nH]3)cc12. The molecule has 0 unspecified atom stereocenters. The van der Waals surface area contributed by atoms with E-state index in [1.54, 1.807) is 19.2 Å². The lowest BCUT2D eigenvalue weighted by atomic mass is 9.98. The second kappa shape index (κ2) is 7.84. The number of aryl methyl sites for hydroxylation is 1. The van der Waals surface area contributed by atoms with E-state index in [1.807, 2.05) is 18.2 Å². The third-order valence-electron chi connectivity index (χ3n) is 5.28. The van der Waals surface area contributed by atoms with Gasteiger partial charge >= 0.3 is 5.97 Å². The van der Waals surface area contributed by atoms with Gasteiger partial charge in [0.25, 0.3) is 0 Å². The molecule has 0 fully saturated rings. The quantitative estimate of drug-likeness (QED) is 0.438. The lowest BCUT2D eigenvalue weighted by Crippen LogP contribution is -2.00. The fraction of sp³-hybridized carbons (Fsp3) is 0.160. The molecular formula is C25H23NO3. The number of fused-ring (bicyclic) bond motifs is 1. The van der Waals surface area contributed by atoms with E-state index in [1.165, 1.54) is 23.4 Å². The van der Waals surface area contributed by atoms with Crippen LogP contribution in [0.2, 0.25) is 0 Å². The zero-order valence-corrected chi connectivity index (χ0v) is 16.8. The Morgan fingerprint density at radius 2 is 1.52 bits per heavy atom. The minimum atomic E-state index is -0.331. The molecule has 4 nitrogen and oxygen atoms in total. The molecule has 0 amide bonds. The normalized spacial score (nSPS) is 10.9. The number of aromatic amines is 1. The molecule has 4 heteroatoms. The van der Waals surface area contributed by atoms with Crippen LogP contribution < -0.4 is 4.74 Å². The largest absolute Gasteiger partial charge is 0.496 e. The molecule has 0 saturated heterocycles. The third-order valence-corrected chi connectivity index (χ3v) is 5.28. The smallest absolute Gasteiger partial charge is 0.337 e. The van der Waals surface area contributed by atoms with E-state index in [-0.39, 0.29) is 5.97 Å². The van der Waals surface area contributed by atoms with E-state index in [2.05, 4.69) is 48.3 Å². The van der Waals surface area contributed by atoms with Crippen molar-refractivity contribution in [2.75, 3.05) is 14.2 Å². The van der Waals surface area contributed by atoms with Gasteiger partial charge in [0.15, 0.2) is 0 Å². The van der Waals surface area contributed by atoms with E-state index in [0.717, 1.165) is 34.7 Å². The van der Waals surface area contributed by atoms with Gasteiger partial charge in [-0.15, -0.1) is 0 Å². The van der Waals surface area contributed by atoms with Crippen LogP contribution in [0, 0.1) is 0 Å². The second-order valence-electron chi connectivity index (χ2n) is 6.89. The highest BCUT2D eigenvalue weighted by molar-refractivity contribution is 5.92. The fourth-order valence-corrected chi connectivity index (χ4v) is 3.72. The van der Waals surface area contributed by atoms with Crippen molar-refractivity contribution in [2.24, 2.45) is 0 Å². The molecule has 29 heavy (non-hydrogen) atoms. The number of aromatic nitrogens is 1. The Kier molecular flexibility index (Phi) is 5.09. The summed E-state index contributed by atoms with van der Waals surface area (Å²) in [5, 5.41) is 2.42. The number of benzene rings is 3. The first-order valence-corrected chi connectivity index (χ1v) is 9.62. The molecule has 146 valence electrons. The first kappa shape index (κ1) is 18.8. The number of H-pyrrole nitrogens is 1. The maximum Gasteiger partial charge on any atom is 0.337 e. The molecule has 4 rings (SSSR count). The van der Waals surface area contributed by atoms with Crippen LogP contribution in [0.1, 0.15) is 22.8 Å². The Bertz CT molecular complexity index is 1170. The van der Waals surface area contributed by atoms with E-state index in [9.17, 15) is 4.79 Å². The van der Waals surface area contributed by atoms with Crippen molar-refractivity contribution in [1.29, 1.82) is 0 Å². The summed E-state index contributed by atoms with van der Waals surface area (Å²) >= 11 is 0. The van der Waals surface area contributed by atoms with Crippen molar-refractivity contribution in [2.45, 2.75) is 13.3 Å². The molecule has 0 saturated carbocycles. The summed E-state index contributed by atoms with van der Waals surface area (Å²) in [4.78, 5) is 15.1. The molecular weight excluding hydrogens is 362 g/mol. The number of carbonyl (C=O) groups is 1. The van der Waals surface area contributed by atoms with Gasteiger partial charge in [0, 0.05) is 17.0 Å². The summed E-state index contributed by atoms with van der Waals surface area (Å²) in [6.07, 6.45) is 0.909. The molecule has 1 heterocycles. The van der Waals surface area contributed by atoms with Crippen LogP contribution in [-0.2, 0) is 11.2 Å². The minimum Gasteiger partial charge on any atom is -0.496 e. The Morgan fingerprint density at radius 3 is 2.17 bits per heavy atom. The van der Waals surface area contributed by atoms with Crippen LogP contribution in [0.25, 0.3) is 33.3 Å². The second-order valence-corrected chi connectivity index (χ2v) is 6.89. The highest BCUT2D eigenvalue weighted by Crippen LogP contribution is 2.32. The van der Waals surface area contributed by atoms with Crippen LogP contribution in [0.3, 0.4) is 0 Å². The molecule has 4 aromatic rings. The van der Waals surface area contributed by atoms with Gasteiger partial charge in [0.05, 0.1) is 19.8 Å². The summed E-state index contributed by atoms with van der Waals surface area (Å²) in [7, 11) is 3.10. The summed E-state index contributed by atoms with van der Waals surface area (Å²) in [6.45, 7) is 2.15. The average molecular weight is 385 g/mol. The van der Waals surface area contributed by atoms with E-state index < -0.39 is 0 Å². The van der Waals surface area contributed by atoms with E-state index >= 15 is 0 Å². The van der Waals surface area contributed by atoms with Crippen molar-refractivity contribution in [3.63, 3.8) is 0 Å². The van der Waals surface area contributed by atoms with Gasteiger partial charge in [-0.3, -0.25) is 0 Å². The molecule has 1 N–H and O–H groups in total. The standard InChI is InChI=1S/C25H23NO3/c1-4-20-21-15-19(10-5-16(21)11-14-24(20)28-2)23-13-12-22(26-23)17-6-8-18(9-7-17)25(27)29-3/h5-15,26H,4H2,1-3H3. The van der Waals surface area contributed by atoms with Crippen molar-refractivity contribution < 1.29 is 14.3 Å². The lowest BCUT2D eigenvalue weighted by Gasteiger charge is -2.11. The zero-order chi connectivity index (χ0) is 20.4. The number of ether oxygens (including phenoxy) is 2. The Balaban J connectivity index is 1.70. The van der Waals surface area contributed by atoms with Gasteiger partial charge in [-0.2, -0.15) is 0 Å². The number of carbonyl (C=O) groups excluding carboxylic acids is 1. The average Bonchev–Trinajstić information content (AvgIpc) is 3.27. The summed E-state index contributed by atoms with van der Waals surface area (Å²) in [5.74, 6) is 0.595. The maximum atomic E-state index is 11.6. The van der Waals surface area contributed by atoms with Crippen LogP contribution in [0.15, 0.2) is 66.7 Å². The Hall–Kier alpha value is -3.53. The number of nitrogens with one attached hydrogen (secondary N) is 1. The van der Waals surface area contributed by atoms with Crippen molar-refractivity contribution in [1.82, 2.24) is 4.98 Å². The summed E-state index contributed by atoms with van der Waals surface area (Å²) in [6, 6.07) is 22.1. The van der Waals surface area contributed by atoms with Crippen LogP contribution in [-0.4, -0.2) is 25.2 Å². The molecule has 0 aliphatic heterocycles. The summed E-state index contributed by atoms with van der Waals surface area (Å²) in [5.41, 5.74) is 5.94. The zero-order valence-electron chi connectivity index (χ0n) is 16.8. The van der Waals surface area contributed by atoms with Crippen LogP contribution in [0.5, 0.6) is 5.75 Å². The molecule has 0 spiro atoms. The molecule has 0 bridgehead atoms. The molecule has 0 radical (unpaired) electrons. The van der Waals surface area contributed by atoms with E-state index in [4.69, 9.17) is 9.47 Å². The predicted molar refractivity (Wildman–Crippen MR) is 116 cm³/mol. The van der Waals surface area contributed by atoms with Crippen molar-refractivity contribution >= 4 is 16.7 Å². The van der Waals surface area contributed by atoms with Crippen LogP contribution >= 0.6 is 0 Å². The number of rotatable bonds is 5. The third kappa shape index (κ3) is 3.49. The molecule has 0 aliphatic rings. The van der Waals surface area contributed by atoms with Gasteiger partial charge in [0.2, 0.25) is 0 Å². The molecule has 1 aromatic heterocycles. The van der Waals surface area contributed by atoms with Gasteiger partial charge in [0.1, 0.15) is 5.75 Å². The van der Waals surface area contributed by atoms with Gasteiger partial charge in [-0.05, 0) is 64.7 Å². The highest BCUT2D eigenvalue weighted by atomic mass is 16.5. The Morgan fingerprint density at radius 1 is 0.862 bits per heavy atom. The fourth-order valence-electron chi connectivity index (χ4n) is 3.72. The van der Waals surface area contributed by atoms with Gasteiger partial charge < -0.3 is 14.5 Å². The highest BCUT2D eigenvalue weighted by Gasteiger charge is 2.10.